The van der Waals surface area contributed by atoms with Crippen molar-refractivity contribution in [1.29, 1.82) is 0 Å². The van der Waals surface area contributed by atoms with Crippen molar-refractivity contribution in [2.75, 3.05) is 25.5 Å². The Labute approximate surface area is 154 Å². The van der Waals surface area contributed by atoms with E-state index >= 15 is 0 Å². The number of amides is 2. The summed E-state index contributed by atoms with van der Waals surface area (Å²) in [5, 5.41) is 5.47. The van der Waals surface area contributed by atoms with Crippen LogP contribution in [0, 0.1) is 11.6 Å². The molecule has 2 aromatic rings. The summed E-state index contributed by atoms with van der Waals surface area (Å²) in [6, 6.07) is 10.3. The second-order valence-electron chi connectivity index (χ2n) is 5.76. The van der Waals surface area contributed by atoms with Crippen LogP contribution in [0.1, 0.15) is 5.56 Å². The van der Waals surface area contributed by atoms with Gasteiger partial charge in [0.2, 0.25) is 11.8 Å². The molecule has 0 fully saturated rings. The maximum absolute atomic E-state index is 13.1. The molecule has 0 aliphatic heterocycles. The zero-order valence-corrected chi connectivity index (χ0v) is 14.8. The normalized spacial score (nSPS) is 10.7. The van der Waals surface area contributed by atoms with E-state index in [4.69, 9.17) is 11.6 Å². The Hall–Kier alpha value is -2.51. The summed E-state index contributed by atoms with van der Waals surface area (Å²) in [7, 11) is 1.77. The minimum Gasteiger partial charge on any atom is -0.346 e. The molecule has 2 rings (SSSR count). The van der Waals surface area contributed by atoms with Crippen LogP contribution in [0.15, 0.2) is 42.5 Å². The maximum atomic E-state index is 13.1. The zero-order valence-electron chi connectivity index (χ0n) is 14.1. The molecule has 0 radical (unpaired) electrons. The first-order valence-electron chi connectivity index (χ1n) is 7.78. The average molecular weight is 382 g/mol. The van der Waals surface area contributed by atoms with Gasteiger partial charge >= 0.3 is 0 Å². The second kappa shape index (κ2) is 9.26. The topological polar surface area (TPSA) is 61.4 Å². The van der Waals surface area contributed by atoms with Crippen molar-refractivity contribution in [2.45, 2.75) is 6.54 Å². The number of anilines is 1. The third kappa shape index (κ3) is 6.42. The summed E-state index contributed by atoms with van der Waals surface area (Å²) >= 11 is 5.92. The molecule has 2 N–H and O–H groups in total. The summed E-state index contributed by atoms with van der Waals surface area (Å²) < 4.78 is 25.9. The third-order valence-corrected chi connectivity index (χ3v) is 3.64. The highest BCUT2D eigenvalue weighted by Crippen LogP contribution is 2.13. The number of halogens is 3. The largest absolute Gasteiger partial charge is 0.346 e. The van der Waals surface area contributed by atoms with Crippen LogP contribution in [0.25, 0.3) is 0 Å². The lowest BCUT2D eigenvalue weighted by Crippen LogP contribution is -2.39. The summed E-state index contributed by atoms with van der Waals surface area (Å²) in [4.78, 5) is 25.4. The average Bonchev–Trinajstić information content (AvgIpc) is 2.56. The van der Waals surface area contributed by atoms with Gasteiger partial charge in [-0.05, 0) is 36.9 Å². The zero-order chi connectivity index (χ0) is 19.1. The van der Waals surface area contributed by atoms with Gasteiger partial charge in [-0.1, -0.05) is 23.7 Å². The van der Waals surface area contributed by atoms with Crippen LogP contribution in [0.4, 0.5) is 14.5 Å². The van der Waals surface area contributed by atoms with Crippen LogP contribution in [0.5, 0.6) is 0 Å². The third-order valence-electron chi connectivity index (χ3n) is 3.40. The summed E-state index contributed by atoms with van der Waals surface area (Å²) in [6.07, 6.45) is 0. The van der Waals surface area contributed by atoms with Crippen LogP contribution in [0.3, 0.4) is 0 Å². The Morgan fingerprint density at radius 1 is 1.08 bits per heavy atom. The number of hydrogen-bond donors (Lipinski definition) is 2. The van der Waals surface area contributed by atoms with Crippen molar-refractivity contribution in [1.82, 2.24) is 10.2 Å². The van der Waals surface area contributed by atoms with E-state index < -0.39 is 17.5 Å². The van der Waals surface area contributed by atoms with Gasteiger partial charge in [-0.3, -0.25) is 14.5 Å². The van der Waals surface area contributed by atoms with Gasteiger partial charge < -0.3 is 10.6 Å². The lowest BCUT2D eigenvalue weighted by atomic mass is 10.2. The Balaban J connectivity index is 1.75. The van der Waals surface area contributed by atoms with Gasteiger partial charge in [0, 0.05) is 23.3 Å². The van der Waals surface area contributed by atoms with E-state index in [1.54, 1.807) is 18.0 Å². The highest BCUT2D eigenvalue weighted by Gasteiger charge is 2.10. The molecule has 26 heavy (non-hydrogen) atoms. The fraction of sp³-hybridized carbons (Fsp3) is 0.222. The Kier molecular flexibility index (Phi) is 7.06. The molecular formula is C18H18ClF2N3O2. The SMILES string of the molecule is CN(CC(=O)NCC(=O)Nc1ccc(F)c(F)c1)Cc1cccc(Cl)c1. The molecule has 0 saturated carbocycles. The fourth-order valence-electron chi connectivity index (χ4n) is 2.26. The van der Waals surface area contributed by atoms with E-state index in [-0.39, 0.29) is 24.7 Å². The van der Waals surface area contributed by atoms with Crippen LogP contribution in [0.2, 0.25) is 5.02 Å². The lowest BCUT2D eigenvalue weighted by Gasteiger charge is -2.16. The molecule has 5 nitrogen and oxygen atoms in total. The molecule has 0 unspecified atom stereocenters. The van der Waals surface area contributed by atoms with Crippen molar-refractivity contribution in [3.8, 4) is 0 Å². The van der Waals surface area contributed by atoms with Gasteiger partial charge in [-0.2, -0.15) is 0 Å². The van der Waals surface area contributed by atoms with Gasteiger partial charge in [0.25, 0.3) is 0 Å². The second-order valence-corrected chi connectivity index (χ2v) is 6.19. The maximum Gasteiger partial charge on any atom is 0.243 e. The number of hydrogen-bond acceptors (Lipinski definition) is 3. The minimum absolute atomic E-state index is 0.0883. The van der Waals surface area contributed by atoms with Crippen LogP contribution < -0.4 is 10.6 Å². The molecule has 8 heteroatoms. The number of nitrogens with one attached hydrogen (secondary N) is 2. The van der Waals surface area contributed by atoms with E-state index in [0.29, 0.717) is 11.6 Å². The van der Waals surface area contributed by atoms with Gasteiger partial charge in [-0.25, -0.2) is 8.78 Å². The Bertz CT molecular complexity index is 802. The quantitative estimate of drug-likeness (QED) is 0.775. The van der Waals surface area contributed by atoms with E-state index in [2.05, 4.69) is 10.6 Å². The van der Waals surface area contributed by atoms with Gasteiger partial charge in [0.1, 0.15) is 0 Å². The number of benzene rings is 2. The van der Waals surface area contributed by atoms with Crippen molar-refractivity contribution >= 4 is 29.1 Å². The molecule has 0 heterocycles. The molecular weight excluding hydrogens is 364 g/mol. The number of carbonyl (C=O) groups is 2. The molecule has 2 aromatic carbocycles. The predicted molar refractivity (Wildman–Crippen MR) is 95.8 cm³/mol. The highest BCUT2D eigenvalue weighted by molar-refractivity contribution is 6.30. The van der Waals surface area contributed by atoms with Crippen LogP contribution in [-0.4, -0.2) is 36.9 Å². The van der Waals surface area contributed by atoms with E-state index in [1.807, 2.05) is 18.2 Å². The molecule has 0 bridgehead atoms. The number of likely N-dealkylation sites (N-methyl/N-ethyl adjacent to an activating group) is 1. The summed E-state index contributed by atoms with van der Waals surface area (Å²) in [6.45, 7) is 0.336. The number of rotatable bonds is 7. The van der Waals surface area contributed by atoms with Crippen molar-refractivity contribution < 1.29 is 18.4 Å². The molecule has 0 spiro atoms. The smallest absolute Gasteiger partial charge is 0.243 e. The molecule has 138 valence electrons. The summed E-state index contributed by atoms with van der Waals surface area (Å²) in [5.74, 6) is -2.94. The summed E-state index contributed by atoms with van der Waals surface area (Å²) in [5.41, 5.74) is 1.07. The molecule has 2 amide bonds. The van der Waals surface area contributed by atoms with Gasteiger partial charge in [0.05, 0.1) is 13.1 Å². The highest BCUT2D eigenvalue weighted by atomic mass is 35.5. The number of nitrogens with zero attached hydrogens (tertiary/aromatic N) is 1. The van der Waals surface area contributed by atoms with Crippen molar-refractivity contribution in [3.63, 3.8) is 0 Å². The molecule has 0 aliphatic carbocycles. The minimum atomic E-state index is -1.06. The van der Waals surface area contributed by atoms with Crippen molar-refractivity contribution in [3.05, 3.63) is 64.7 Å². The first kappa shape index (κ1) is 19.8. The van der Waals surface area contributed by atoms with Crippen LogP contribution in [-0.2, 0) is 16.1 Å². The van der Waals surface area contributed by atoms with Crippen molar-refractivity contribution in [2.24, 2.45) is 0 Å². The molecule has 0 aliphatic rings. The van der Waals surface area contributed by atoms with Gasteiger partial charge in [0.15, 0.2) is 11.6 Å². The fourth-order valence-corrected chi connectivity index (χ4v) is 2.47. The first-order chi connectivity index (χ1) is 12.3. The molecule has 0 saturated heterocycles. The molecule has 0 aromatic heterocycles. The van der Waals surface area contributed by atoms with E-state index in [0.717, 1.165) is 17.7 Å². The Morgan fingerprint density at radius 2 is 1.85 bits per heavy atom. The lowest BCUT2D eigenvalue weighted by molar-refractivity contribution is -0.124. The van der Waals surface area contributed by atoms with E-state index in [9.17, 15) is 18.4 Å². The van der Waals surface area contributed by atoms with Gasteiger partial charge in [-0.15, -0.1) is 0 Å². The van der Waals surface area contributed by atoms with Crippen LogP contribution >= 0.6 is 11.6 Å². The monoisotopic (exact) mass is 381 g/mol. The standard InChI is InChI=1S/C18H18ClF2N3O2/c1-24(10-12-3-2-4-13(19)7-12)11-18(26)22-9-17(25)23-14-5-6-15(20)16(21)8-14/h2-8H,9-11H2,1H3,(H,22,26)(H,23,25). The first-order valence-corrected chi connectivity index (χ1v) is 8.16. The predicted octanol–water partition coefficient (Wildman–Crippen LogP) is 2.80. The van der Waals surface area contributed by atoms with E-state index in [1.165, 1.54) is 6.07 Å². The molecule has 0 atom stereocenters. The number of carbonyl (C=O) groups excluding carboxylic acids is 2. The Morgan fingerprint density at radius 3 is 2.54 bits per heavy atom.